The largest absolute Gasteiger partial charge is 0.481 e. The second-order valence-electron chi connectivity index (χ2n) is 6.66. The Balaban J connectivity index is 2.62. The number of carbonyl (C=O) groups is 2. The van der Waals surface area contributed by atoms with Crippen molar-refractivity contribution in [1.82, 2.24) is 10.6 Å². The van der Waals surface area contributed by atoms with Crippen LogP contribution < -0.4 is 10.6 Å². The lowest BCUT2D eigenvalue weighted by atomic mass is 9.61. The summed E-state index contributed by atoms with van der Waals surface area (Å²) in [5.41, 5.74) is -0.326. The topological polar surface area (TPSA) is 78.4 Å². The molecule has 21 heavy (non-hydrogen) atoms. The van der Waals surface area contributed by atoms with E-state index in [0.29, 0.717) is 12.8 Å². The number of rotatable bonds is 5. The molecule has 1 fully saturated rings. The fourth-order valence-corrected chi connectivity index (χ4v) is 3.75. The van der Waals surface area contributed by atoms with Gasteiger partial charge in [-0.1, -0.05) is 20.8 Å². The van der Waals surface area contributed by atoms with E-state index in [9.17, 15) is 14.7 Å². The van der Waals surface area contributed by atoms with Crippen LogP contribution in [0.1, 0.15) is 40.5 Å². The van der Waals surface area contributed by atoms with Crippen LogP contribution in [0.25, 0.3) is 0 Å². The van der Waals surface area contributed by atoms with Crippen molar-refractivity contribution in [3.63, 3.8) is 0 Å². The van der Waals surface area contributed by atoms with Gasteiger partial charge < -0.3 is 15.7 Å². The second kappa shape index (κ2) is 7.38. The maximum absolute atomic E-state index is 12.0. The third-order valence-electron chi connectivity index (χ3n) is 4.85. The smallest absolute Gasteiger partial charge is 0.315 e. The Bertz CT molecular complexity index is 387. The summed E-state index contributed by atoms with van der Waals surface area (Å²) in [4.78, 5) is 23.4. The maximum Gasteiger partial charge on any atom is 0.315 e. The minimum Gasteiger partial charge on any atom is -0.481 e. The number of aliphatic carboxylic acids is 1. The molecule has 0 bridgehead atoms. The monoisotopic (exact) mass is 316 g/mol. The van der Waals surface area contributed by atoms with Crippen LogP contribution in [-0.2, 0) is 4.79 Å². The normalized spacial score (nSPS) is 29.5. The third kappa shape index (κ3) is 4.53. The Hall–Kier alpha value is -0.910. The van der Waals surface area contributed by atoms with E-state index in [0.717, 1.165) is 5.75 Å². The lowest BCUT2D eigenvalue weighted by Gasteiger charge is -2.46. The third-order valence-corrected chi connectivity index (χ3v) is 5.68. The highest BCUT2D eigenvalue weighted by molar-refractivity contribution is 7.98. The molecular weight excluding hydrogens is 288 g/mol. The fourth-order valence-electron chi connectivity index (χ4n) is 3.17. The minimum atomic E-state index is -0.733. The van der Waals surface area contributed by atoms with Crippen LogP contribution in [0.3, 0.4) is 0 Å². The molecule has 4 unspecified atom stereocenters. The molecule has 0 radical (unpaired) electrons. The van der Waals surface area contributed by atoms with Gasteiger partial charge in [0.1, 0.15) is 0 Å². The fraction of sp³-hybridized carbons (Fsp3) is 0.867. The van der Waals surface area contributed by atoms with Crippen LogP contribution in [0.4, 0.5) is 4.79 Å². The van der Waals surface area contributed by atoms with Crippen molar-refractivity contribution in [2.24, 2.45) is 17.3 Å². The van der Waals surface area contributed by atoms with Gasteiger partial charge >= 0.3 is 12.0 Å². The number of carbonyl (C=O) groups excluding carboxylic acids is 1. The molecule has 0 aromatic heterocycles. The van der Waals surface area contributed by atoms with Crippen LogP contribution in [-0.4, -0.2) is 41.2 Å². The average Bonchev–Trinajstić information content (AvgIpc) is 2.34. The highest BCUT2D eigenvalue weighted by atomic mass is 32.2. The molecule has 0 aromatic rings. The van der Waals surface area contributed by atoms with Crippen molar-refractivity contribution in [3.05, 3.63) is 0 Å². The molecule has 0 spiro atoms. The van der Waals surface area contributed by atoms with Crippen molar-refractivity contribution < 1.29 is 14.7 Å². The molecule has 2 amide bonds. The summed E-state index contributed by atoms with van der Waals surface area (Å²) < 4.78 is 0. The van der Waals surface area contributed by atoms with E-state index in [4.69, 9.17) is 0 Å². The van der Waals surface area contributed by atoms with Crippen molar-refractivity contribution in [1.29, 1.82) is 0 Å². The summed E-state index contributed by atoms with van der Waals surface area (Å²) in [7, 11) is 0. The first-order valence-corrected chi connectivity index (χ1v) is 8.88. The average molecular weight is 316 g/mol. The molecule has 0 saturated heterocycles. The molecule has 5 nitrogen and oxygen atoms in total. The molecule has 3 N–H and O–H groups in total. The van der Waals surface area contributed by atoms with Gasteiger partial charge in [0.25, 0.3) is 0 Å². The number of nitrogens with one attached hydrogen (secondary N) is 2. The van der Waals surface area contributed by atoms with Gasteiger partial charge in [-0.15, -0.1) is 0 Å². The van der Waals surface area contributed by atoms with E-state index in [1.54, 1.807) is 11.8 Å². The Morgan fingerprint density at radius 3 is 2.52 bits per heavy atom. The molecule has 122 valence electrons. The van der Waals surface area contributed by atoms with Gasteiger partial charge in [-0.2, -0.15) is 11.8 Å². The molecule has 1 aliphatic carbocycles. The molecule has 6 heteroatoms. The van der Waals surface area contributed by atoms with Crippen LogP contribution in [0.2, 0.25) is 0 Å². The van der Waals surface area contributed by atoms with Crippen molar-refractivity contribution in [3.8, 4) is 0 Å². The lowest BCUT2D eigenvalue weighted by molar-refractivity contribution is -0.150. The first-order chi connectivity index (χ1) is 9.70. The molecule has 1 rings (SSSR count). The maximum atomic E-state index is 12.0. The number of hydrogen-bond donors (Lipinski definition) is 3. The van der Waals surface area contributed by atoms with E-state index in [2.05, 4.69) is 10.6 Å². The second-order valence-corrected chi connectivity index (χ2v) is 7.57. The van der Waals surface area contributed by atoms with Crippen molar-refractivity contribution in [2.45, 2.75) is 52.6 Å². The summed E-state index contributed by atoms with van der Waals surface area (Å²) in [6, 6.07) is -0.00581. The molecular formula is C15H28N2O3S. The van der Waals surface area contributed by atoms with Crippen LogP contribution >= 0.6 is 11.8 Å². The number of urea groups is 1. The summed E-state index contributed by atoms with van der Waals surface area (Å²) in [6.45, 7) is 7.98. The number of hydrogen-bond acceptors (Lipinski definition) is 3. The van der Waals surface area contributed by atoms with Gasteiger partial charge in [0, 0.05) is 17.8 Å². The van der Waals surface area contributed by atoms with E-state index in [-0.39, 0.29) is 35.4 Å². The predicted octanol–water partition coefficient (Wildman–Crippen LogP) is 2.56. The van der Waals surface area contributed by atoms with Crippen LogP contribution in [0.15, 0.2) is 0 Å². The van der Waals surface area contributed by atoms with Gasteiger partial charge in [-0.3, -0.25) is 4.79 Å². The van der Waals surface area contributed by atoms with Crippen LogP contribution in [0, 0.1) is 17.3 Å². The molecule has 4 atom stereocenters. The van der Waals surface area contributed by atoms with Gasteiger partial charge in [-0.05, 0) is 37.4 Å². The number of carboxylic acid groups (broad SMARTS) is 1. The van der Waals surface area contributed by atoms with Crippen molar-refractivity contribution in [2.75, 3.05) is 12.0 Å². The summed E-state index contributed by atoms with van der Waals surface area (Å²) >= 11 is 1.69. The highest BCUT2D eigenvalue weighted by Crippen LogP contribution is 2.45. The van der Waals surface area contributed by atoms with Crippen molar-refractivity contribution >= 4 is 23.8 Å². The molecule has 0 aromatic carbocycles. The Kier molecular flexibility index (Phi) is 6.38. The zero-order valence-electron chi connectivity index (χ0n) is 13.6. The molecule has 0 aliphatic heterocycles. The lowest BCUT2D eigenvalue weighted by Crippen LogP contribution is -2.55. The van der Waals surface area contributed by atoms with E-state index >= 15 is 0 Å². The van der Waals surface area contributed by atoms with Gasteiger partial charge in [-0.25, -0.2) is 4.79 Å². The first kappa shape index (κ1) is 18.1. The van der Waals surface area contributed by atoms with E-state index in [1.165, 1.54) is 0 Å². The first-order valence-electron chi connectivity index (χ1n) is 7.48. The zero-order chi connectivity index (χ0) is 16.2. The number of thioether (sulfide) groups is 1. The number of carboxylic acids is 1. The summed E-state index contributed by atoms with van der Waals surface area (Å²) in [5, 5.41) is 15.3. The van der Waals surface area contributed by atoms with E-state index < -0.39 is 5.97 Å². The zero-order valence-corrected chi connectivity index (χ0v) is 14.4. The van der Waals surface area contributed by atoms with Gasteiger partial charge in [0.2, 0.25) is 0 Å². The Labute approximate surface area is 131 Å². The standard InChI is InChI=1S/C15H28N2O3S/c1-9(8-21-5)16-14(20)17-12-7-6-11(13(18)19)15(3,4)10(12)2/h9-12H,6-8H2,1-5H3,(H,18,19)(H2,16,17,20). The quantitative estimate of drug-likeness (QED) is 0.728. The summed E-state index contributed by atoms with van der Waals surface area (Å²) in [5.74, 6) is -0.0819. The van der Waals surface area contributed by atoms with Crippen LogP contribution in [0.5, 0.6) is 0 Å². The highest BCUT2D eigenvalue weighted by Gasteiger charge is 2.46. The minimum absolute atomic E-state index is 0.0251. The van der Waals surface area contributed by atoms with Gasteiger partial charge in [0.15, 0.2) is 0 Å². The van der Waals surface area contributed by atoms with E-state index in [1.807, 2.05) is 34.0 Å². The Morgan fingerprint density at radius 1 is 1.38 bits per heavy atom. The number of amides is 2. The molecule has 0 heterocycles. The molecule has 1 aliphatic rings. The molecule has 1 saturated carbocycles. The predicted molar refractivity (Wildman–Crippen MR) is 86.6 cm³/mol. The summed E-state index contributed by atoms with van der Waals surface area (Å²) in [6.07, 6.45) is 3.33. The van der Waals surface area contributed by atoms with Gasteiger partial charge in [0.05, 0.1) is 5.92 Å². The Morgan fingerprint density at radius 2 is 2.00 bits per heavy atom. The SMILES string of the molecule is CSCC(C)NC(=O)NC1CCC(C(=O)O)C(C)(C)C1C.